The summed E-state index contributed by atoms with van der Waals surface area (Å²) in [6.07, 6.45) is 3.23. The standard InChI is InChI=1S/C28H28N2O4/c1-17-8-11-20(12-9-17)30-24(18-7-6-14-29-16-18)23(26(32)27(30)33)25(31)21-15-19(28(2,3)4)10-13-22(21)34-5/h6-16,24,31H,1-5H3/b25-23+. The second kappa shape index (κ2) is 8.78. The smallest absolute Gasteiger partial charge is 0.300 e. The molecule has 4 rings (SSSR count). The number of methoxy groups -OCH3 is 1. The molecular weight excluding hydrogens is 428 g/mol. The van der Waals surface area contributed by atoms with Crippen LogP contribution in [0.1, 0.15) is 49.1 Å². The zero-order chi connectivity index (χ0) is 24.6. The molecule has 0 bridgehead atoms. The van der Waals surface area contributed by atoms with Crippen LogP contribution in [0, 0.1) is 6.92 Å². The van der Waals surface area contributed by atoms with Crippen LogP contribution in [0.3, 0.4) is 0 Å². The van der Waals surface area contributed by atoms with Gasteiger partial charge in [-0.1, -0.05) is 50.6 Å². The lowest BCUT2D eigenvalue weighted by molar-refractivity contribution is -0.132. The molecule has 0 spiro atoms. The van der Waals surface area contributed by atoms with Crippen LogP contribution in [-0.2, 0) is 15.0 Å². The highest BCUT2D eigenvalue weighted by Crippen LogP contribution is 2.43. The molecule has 1 N–H and O–H groups in total. The Bertz CT molecular complexity index is 1270. The molecule has 1 aliphatic heterocycles. The summed E-state index contributed by atoms with van der Waals surface area (Å²) in [6, 6.07) is 15.6. The molecule has 1 fully saturated rings. The maximum Gasteiger partial charge on any atom is 0.300 e. The maximum atomic E-state index is 13.4. The fraction of sp³-hybridized carbons (Fsp3) is 0.250. The molecule has 1 unspecified atom stereocenters. The van der Waals surface area contributed by atoms with E-state index in [2.05, 4.69) is 25.8 Å². The lowest BCUT2D eigenvalue weighted by Gasteiger charge is -2.26. The molecule has 174 valence electrons. The van der Waals surface area contributed by atoms with E-state index < -0.39 is 17.7 Å². The number of aliphatic hydroxyl groups excluding tert-OH is 1. The minimum Gasteiger partial charge on any atom is -0.507 e. The Hall–Kier alpha value is -3.93. The van der Waals surface area contributed by atoms with E-state index in [1.54, 1.807) is 42.7 Å². The van der Waals surface area contributed by atoms with Crippen LogP contribution in [-0.4, -0.2) is 28.9 Å². The Morgan fingerprint density at radius 2 is 1.76 bits per heavy atom. The van der Waals surface area contributed by atoms with Gasteiger partial charge in [-0.3, -0.25) is 19.5 Å². The Labute approximate surface area is 199 Å². The number of carbonyl (C=O) groups is 2. The number of pyridine rings is 1. The summed E-state index contributed by atoms with van der Waals surface area (Å²) < 4.78 is 5.51. The van der Waals surface area contributed by atoms with Crippen LogP contribution >= 0.6 is 0 Å². The molecule has 6 heteroatoms. The molecule has 6 nitrogen and oxygen atoms in total. The van der Waals surface area contributed by atoms with E-state index >= 15 is 0 Å². The largest absolute Gasteiger partial charge is 0.507 e. The summed E-state index contributed by atoms with van der Waals surface area (Å²) in [5.74, 6) is -1.32. The number of ether oxygens (including phenoxy) is 1. The Kier molecular flexibility index (Phi) is 6.00. The van der Waals surface area contributed by atoms with Crippen molar-refractivity contribution in [2.75, 3.05) is 12.0 Å². The summed E-state index contributed by atoms with van der Waals surface area (Å²) in [5.41, 5.74) is 3.35. The predicted octanol–water partition coefficient (Wildman–Crippen LogP) is 5.32. The lowest BCUT2D eigenvalue weighted by atomic mass is 9.85. The summed E-state index contributed by atoms with van der Waals surface area (Å²) in [5, 5.41) is 11.5. The number of aromatic nitrogens is 1. The first-order valence-electron chi connectivity index (χ1n) is 11.1. The van der Waals surface area contributed by atoms with Crippen molar-refractivity contribution in [1.82, 2.24) is 4.98 Å². The van der Waals surface area contributed by atoms with Gasteiger partial charge in [-0.2, -0.15) is 0 Å². The van der Waals surface area contributed by atoms with Gasteiger partial charge in [-0.15, -0.1) is 0 Å². The molecule has 0 radical (unpaired) electrons. The van der Waals surface area contributed by atoms with E-state index in [9.17, 15) is 14.7 Å². The Morgan fingerprint density at radius 1 is 1.06 bits per heavy atom. The van der Waals surface area contributed by atoms with E-state index in [1.165, 1.54) is 12.0 Å². The highest BCUT2D eigenvalue weighted by molar-refractivity contribution is 6.51. The van der Waals surface area contributed by atoms with Crippen molar-refractivity contribution in [2.24, 2.45) is 0 Å². The van der Waals surface area contributed by atoms with Gasteiger partial charge in [-0.05, 0) is 53.8 Å². The van der Waals surface area contributed by atoms with Crippen LogP contribution in [0.4, 0.5) is 5.69 Å². The van der Waals surface area contributed by atoms with Crippen molar-refractivity contribution in [1.29, 1.82) is 0 Å². The Balaban J connectivity index is 1.98. The first-order valence-corrected chi connectivity index (χ1v) is 11.1. The zero-order valence-corrected chi connectivity index (χ0v) is 20.0. The highest BCUT2D eigenvalue weighted by atomic mass is 16.5. The monoisotopic (exact) mass is 456 g/mol. The van der Waals surface area contributed by atoms with E-state index in [0.717, 1.165) is 11.1 Å². The third-order valence-corrected chi connectivity index (χ3v) is 6.08. The molecule has 2 heterocycles. The molecular formula is C28H28N2O4. The maximum absolute atomic E-state index is 13.4. The van der Waals surface area contributed by atoms with Crippen LogP contribution in [0.2, 0.25) is 0 Å². The predicted molar refractivity (Wildman–Crippen MR) is 132 cm³/mol. The second-order valence-corrected chi connectivity index (χ2v) is 9.46. The lowest BCUT2D eigenvalue weighted by Crippen LogP contribution is -2.29. The SMILES string of the molecule is COc1ccc(C(C)(C)C)cc1/C(O)=C1\C(=O)C(=O)N(c2ccc(C)cc2)C1c1cccnc1. The van der Waals surface area contributed by atoms with Gasteiger partial charge in [-0.25, -0.2) is 0 Å². The molecule has 34 heavy (non-hydrogen) atoms. The van der Waals surface area contributed by atoms with E-state index in [0.29, 0.717) is 22.6 Å². The highest BCUT2D eigenvalue weighted by Gasteiger charge is 2.47. The van der Waals surface area contributed by atoms with Crippen molar-refractivity contribution < 1.29 is 19.4 Å². The second-order valence-electron chi connectivity index (χ2n) is 9.46. The number of hydrogen-bond acceptors (Lipinski definition) is 5. The summed E-state index contributed by atoms with van der Waals surface area (Å²) in [4.78, 5) is 32.3. The van der Waals surface area contributed by atoms with Gasteiger partial charge >= 0.3 is 0 Å². The normalized spacial score (nSPS) is 17.8. The number of nitrogens with zero attached hydrogens (tertiary/aromatic N) is 2. The molecule has 2 aromatic carbocycles. The molecule has 1 atom stereocenters. The molecule has 1 aromatic heterocycles. The minimum atomic E-state index is -0.834. The number of aliphatic hydroxyl groups is 1. The quantitative estimate of drug-likeness (QED) is 0.326. The topological polar surface area (TPSA) is 79.7 Å². The molecule has 0 aliphatic carbocycles. The number of carbonyl (C=O) groups excluding carboxylic acids is 2. The van der Waals surface area contributed by atoms with Gasteiger partial charge in [0.1, 0.15) is 11.5 Å². The van der Waals surface area contributed by atoms with Crippen molar-refractivity contribution >= 4 is 23.1 Å². The number of benzene rings is 2. The first kappa shape index (κ1) is 23.2. The average Bonchev–Trinajstić information content (AvgIpc) is 3.09. The van der Waals surface area contributed by atoms with Crippen molar-refractivity contribution in [3.63, 3.8) is 0 Å². The molecule has 1 aliphatic rings. The van der Waals surface area contributed by atoms with Crippen molar-refractivity contribution in [3.8, 4) is 5.75 Å². The average molecular weight is 457 g/mol. The third-order valence-electron chi connectivity index (χ3n) is 6.08. The molecule has 0 saturated carbocycles. The van der Waals surface area contributed by atoms with E-state index in [4.69, 9.17) is 4.74 Å². The number of hydrogen-bond donors (Lipinski definition) is 1. The molecule has 1 amide bonds. The van der Waals surface area contributed by atoms with E-state index in [-0.39, 0.29) is 16.7 Å². The molecule has 1 saturated heterocycles. The minimum absolute atomic E-state index is 0.00272. The summed E-state index contributed by atoms with van der Waals surface area (Å²) >= 11 is 0. The van der Waals surface area contributed by atoms with Gasteiger partial charge in [0.05, 0.1) is 24.3 Å². The van der Waals surface area contributed by atoms with Crippen LogP contribution in [0.5, 0.6) is 5.75 Å². The summed E-state index contributed by atoms with van der Waals surface area (Å²) in [7, 11) is 1.51. The van der Waals surface area contributed by atoms with Crippen LogP contribution in [0.15, 0.2) is 72.6 Å². The number of aryl methyl sites for hydroxylation is 1. The fourth-order valence-corrected chi connectivity index (χ4v) is 4.16. The number of Topliss-reactive ketones (excluding diaryl/α,β-unsaturated/α-hetero) is 1. The van der Waals surface area contributed by atoms with Gasteiger partial charge < -0.3 is 9.84 Å². The van der Waals surface area contributed by atoms with Crippen LogP contribution < -0.4 is 9.64 Å². The fourth-order valence-electron chi connectivity index (χ4n) is 4.16. The van der Waals surface area contributed by atoms with Gasteiger partial charge in [0.2, 0.25) is 0 Å². The number of anilines is 1. The number of amides is 1. The Morgan fingerprint density at radius 3 is 2.35 bits per heavy atom. The van der Waals surface area contributed by atoms with Gasteiger partial charge in [0.25, 0.3) is 11.7 Å². The number of rotatable bonds is 4. The molecule has 3 aromatic rings. The summed E-state index contributed by atoms with van der Waals surface area (Å²) in [6.45, 7) is 8.13. The van der Waals surface area contributed by atoms with E-state index in [1.807, 2.05) is 31.2 Å². The van der Waals surface area contributed by atoms with Crippen LogP contribution in [0.25, 0.3) is 5.76 Å². The van der Waals surface area contributed by atoms with Crippen molar-refractivity contribution in [3.05, 3.63) is 94.8 Å². The van der Waals surface area contributed by atoms with Crippen molar-refractivity contribution in [2.45, 2.75) is 39.2 Å². The zero-order valence-electron chi connectivity index (χ0n) is 20.0. The third kappa shape index (κ3) is 4.07. The van der Waals surface area contributed by atoms with Gasteiger partial charge in [0, 0.05) is 18.1 Å². The number of ketones is 1. The first-order chi connectivity index (χ1) is 16.1. The van der Waals surface area contributed by atoms with Gasteiger partial charge in [0.15, 0.2) is 0 Å².